The third-order valence-electron chi connectivity index (χ3n) is 3.05. The van der Waals surface area contributed by atoms with Gasteiger partial charge >= 0.3 is 0 Å². The van der Waals surface area contributed by atoms with Crippen LogP contribution in [0.25, 0.3) is 0 Å². The minimum Gasteiger partial charge on any atom is -0.389 e. The third-order valence-corrected chi connectivity index (χ3v) is 3.05. The van der Waals surface area contributed by atoms with Crippen LogP contribution in [0.4, 0.5) is 0 Å². The quantitative estimate of drug-likeness (QED) is 0.622. The summed E-state index contributed by atoms with van der Waals surface area (Å²) < 4.78 is 0. The maximum absolute atomic E-state index is 9.94. The number of aliphatic hydroxyl groups is 1. The molecule has 0 radical (unpaired) electrons. The van der Waals surface area contributed by atoms with Crippen molar-refractivity contribution in [2.45, 2.75) is 45.6 Å². The lowest BCUT2D eigenvalue weighted by atomic mass is 9.95. The van der Waals surface area contributed by atoms with Crippen LogP contribution in [0, 0.1) is 0 Å². The number of rotatable bonds is 8. The molecule has 3 heteroatoms. The van der Waals surface area contributed by atoms with Crippen molar-refractivity contribution in [2.24, 2.45) is 5.73 Å². The summed E-state index contributed by atoms with van der Waals surface area (Å²) in [5, 5.41) is 9.94. The standard InChI is InChI=1S/C11H26N2O/c1-4-11(14,10-12)8-7-9-13(5-2)6-3/h14H,4-10,12H2,1-3H3. The Morgan fingerprint density at radius 2 is 1.79 bits per heavy atom. The molecule has 14 heavy (non-hydrogen) atoms. The summed E-state index contributed by atoms with van der Waals surface area (Å²) in [6.45, 7) is 9.94. The van der Waals surface area contributed by atoms with Crippen molar-refractivity contribution in [1.29, 1.82) is 0 Å². The lowest BCUT2D eigenvalue weighted by molar-refractivity contribution is 0.0319. The monoisotopic (exact) mass is 202 g/mol. The SMILES string of the molecule is CCN(CC)CCCC(O)(CC)CN. The number of nitrogens with zero attached hydrogens (tertiary/aromatic N) is 1. The van der Waals surface area contributed by atoms with E-state index in [1.54, 1.807) is 0 Å². The Bertz CT molecular complexity index is 131. The maximum atomic E-state index is 9.94. The summed E-state index contributed by atoms with van der Waals surface area (Å²) >= 11 is 0. The molecule has 0 aromatic carbocycles. The first-order chi connectivity index (χ1) is 6.61. The van der Waals surface area contributed by atoms with Gasteiger partial charge in [0.1, 0.15) is 0 Å². The minimum absolute atomic E-state index is 0.377. The maximum Gasteiger partial charge on any atom is 0.0767 e. The van der Waals surface area contributed by atoms with Gasteiger partial charge in [0.25, 0.3) is 0 Å². The highest BCUT2D eigenvalue weighted by Crippen LogP contribution is 2.15. The smallest absolute Gasteiger partial charge is 0.0767 e. The normalized spacial score (nSPS) is 15.9. The van der Waals surface area contributed by atoms with Crippen LogP contribution in [0.1, 0.15) is 40.0 Å². The molecule has 0 amide bonds. The Morgan fingerprint density at radius 1 is 1.21 bits per heavy atom. The van der Waals surface area contributed by atoms with E-state index < -0.39 is 5.60 Å². The molecule has 1 atom stereocenters. The summed E-state index contributed by atoms with van der Waals surface area (Å²) in [6.07, 6.45) is 2.60. The molecule has 3 N–H and O–H groups in total. The van der Waals surface area contributed by atoms with Crippen LogP contribution >= 0.6 is 0 Å². The number of hydrogen-bond donors (Lipinski definition) is 2. The second-order valence-electron chi connectivity index (χ2n) is 3.91. The molecule has 0 aromatic heterocycles. The number of nitrogens with two attached hydrogens (primary N) is 1. The van der Waals surface area contributed by atoms with Crippen LogP contribution in [0.3, 0.4) is 0 Å². The van der Waals surface area contributed by atoms with E-state index in [0.717, 1.165) is 38.9 Å². The molecule has 0 heterocycles. The van der Waals surface area contributed by atoms with Crippen molar-refractivity contribution in [3.8, 4) is 0 Å². The second-order valence-corrected chi connectivity index (χ2v) is 3.91. The van der Waals surface area contributed by atoms with Crippen molar-refractivity contribution >= 4 is 0 Å². The predicted octanol–water partition coefficient (Wildman–Crippen LogP) is 1.21. The van der Waals surface area contributed by atoms with E-state index >= 15 is 0 Å². The van der Waals surface area contributed by atoms with Crippen LogP contribution in [0.2, 0.25) is 0 Å². The van der Waals surface area contributed by atoms with E-state index in [2.05, 4.69) is 18.7 Å². The Balaban J connectivity index is 3.70. The molecule has 0 rings (SSSR count). The fraction of sp³-hybridized carbons (Fsp3) is 1.00. The second kappa shape index (κ2) is 7.21. The lowest BCUT2D eigenvalue weighted by Gasteiger charge is -2.26. The highest BCUT2D eigenvalue weighted by atomic mass is 16.3. The largest absolute Gasteiger partial charge is 0.389 e. The third kappa shape index (κ3) is 4.94. The van der Waals surface area contributed by atoms with Crippen LogP contribution in [0.5, 0.6) is 0 Å². The highest BCUT2D eigenvalue weighted by molar-refractivity contribution is 4.77. The average Bonchev–Trinajstić information content (AvgIpc) is 2.24. The van der Waals surface area contributed by atoms with Crippen molar-refractivity contribution in [1.82, 2.24) is 4.90 Å². The van der Waals surface area contributed by atoms with Crippen molar-refractivity contribution in [3.05, 3.63) is 0 Å². The van der Waals surface area contributed by atoms with Crippen LogP contribution in [-0.4, -0.2) is 41.8 Å². The van der Waals surface area contributed by atoms with Gasteiger partial charge in [0, 0.05) is 6.54 Å². The van der Waals surface area contributed by atoms with Gasteiger partial charge in [0.15, 0.2) is 0 Å². The summed E-state index contributed by atoms with van der Waals surface area (Å²) in [5.41, 5.74) is 4.90. The zero-order valence-electron chi connectivity index (χ0n) is 9.92. The zero-order chi connectivity index (χ0) is 11.0. The Hall–Kier alpha value is -0.120. The van der Waals surface area contributed by atoms with Gasteiger partial charge in [-0.05, 0) is 38.9 Å². The molecule has 0 spiro atoms. The topological polar surface area (TPSA) is 49.5 Å². The number of hydrogen-bond acceptors (Lipinski definition) is 3. The predicted molar refractivity (Wildman–Crippen MR) is 61.3 cm³/mol. The van der Waals surface area contributed by atoms with Gasteiger partial charge in [-0.1, -0.05) is 20.8 Å². The molecule has 0 aliphatic rings. The first-order valence-corrected chi connectivity index (χ1v) is 5.76. The molecule has 1 unspecified atom stereocenters. The molecular weight excluding hydrogens is 176 g/mol. The van der Waals surface area contributed by atoms with Gasteiger partial charge in [-0.15, -0.1) is 0 Å². The van der Waals surface area contributed by atoms with Gasteiger partial charge in [-0.2, -0.15) is 0 Å². The average molecular weight is 202 g/mol. The van der Waals surface area contributed by atoms with Gasteiger partial charge in [0.2, 0.25) is 0 Å². The Kier molecular flexibility index (Phi) is 7.15. The van der Waals surface area contributed by atoms with E-state index in [0.29, 0.717) is 6.54 Å². The molecule has 0 aliphatic carbocycles. The first kappa shape index (κ1) is 13.9. The van der Waals surface area contributed by atoms with Crippen molar-refractivity contribution in [2.75, 3.05) is 26.2 Å². The lowest BCUT2D eigenvalue weighted by Crippen LogP contribution is -2.38. The van der Waals surface area contributed by atoms with Crippen LogP contribution in [-0.2, 0) is 0 Å². The van der Waals surface area contributed by atoms with Crippen LogP contribution in [0.15, 0.2) is 0 Å². The molecule has 0 fully saturated rings. The van der Waals surface area contributed by atoms with Gasteiger partial charge in [-0.3, -0.25) is 0 Å². The molecule has 86 valence electrons. The molecule has 0 aromatic rings. The summed E-state index contributed by atoms with van der Waals surface area (Å²) in [7, 11) is 0. The summed E-state index contributed by atoms with van der Waals surface area (Å²) in [6, 6.07) is 0. The molecule has 0 aliphatic heterocycles. The summed E-state index contributed by atoms with van der Waals surface area (Å²) in [5.74, 6) is 0. The Morgan fingerprint density at radius 3 is 2.14 bits per heavy atom. The highest BCUT2D eigenvalue weighted by Gasteiger charge is 2.21. The van der Waals surface area contributed by atoms with E-state index in [1.165, 1.54) is 0 Å². The van der Waals surface area contributed by atoms with Gasteiger partial charge in [0.05, 0.1) is 5.60 Å². The zero-order valence-corrected chi connectivity index (χ0v) is 9.92. The first-order valence-electron chi connectivity index (χ1n) is 5.76. The molecule has 0 saturated heterocycles. The van der Waals surface area contributed by atoms with E-state index in [4.69, 9.17) is 5.73 Å². The fourth-order valence-corrected chi connectivity index (χ4v) is 1.59. The van der Waals surface area contributed by atoms with Crippen molar-refractivity contribution in [3.63, 3.8) is 0 Å². The van der Waals surface area contributed by atoms with E-state index in [1.807, 2.05) is 6.92 Å². The molecule has 0 saturated carbocycles. The van der Waals surface area contributed by atoms with Gasteiger partial charge in [-0.25, -0.2) is 0 Å². The van der Waals surface area contributed by atoms with Crippen LogP contribution < -0.4 is 5.73 Å². The van der Waals surface area contributed by atoms with E-state index in [9.17, 15) is 5.11 Å². The van der Waals surface area contributed by atoms with E-state index in [-0.39, 0.29) is 0 Å². The molecule has 3 nitrogen and oxygen atoms in total. The van der Waals surface area contributed by atoms with Gasteiger partial charge < -0.3 is 15.7 Å². The molecular formula is C11H26N2O. The summed E-state index contributed by atoms with van der Waals surface area (Å²) in [4.78, 5) is 2.37. The molecule has 0 bridgehead atoms. The Labute approximate surface area is 88.3 Å². The van der Waals surface area contributed by atoms with Crippen molar-refractivity contribution < 1.29 is 5.11 Å². The minimum atomic E-state index is -0.632. The fourth-order valence-electron chi connectivity index (χ4n) is 1.59.